The highest BCUT2D eigenvalue weighted by atomic mass is 35.5. The number of rotatable bonds is 6. The maximum absolute atomic E-state index is 12.0. The van der Waals surface area contributed by atoms with E-state index in [1.807, 2.05) is 27.7 Å². The molecule has 2 amide bonds. The minimum atomic E-state index is -0.538. The average Bonchev–Trinajstić information content (AvgIpc) is 2.45. The van der Waals surface area contributed by atoms with Crippen LogP contribution in [0.1, 0.15) is 34.1 Å². The van der Waals surface area contributed by atoms with Crippen LogP contribution in [0.3, 0.4) is 0 Å². The second kappa shape index (κ2) is 9.43. The summed E-state index contributed by atoms with van der Waals surface area (Å²) in [5.74, 6) is -0.248. The van der Waals surface area contributed by atoms with Crippen molar-refractivity contribution in [2.45, 2.75) is 40.2 Å². The summed E-state index contributed by atoms with van der Waals surface area (Å²) in [7, 11) is 0. The molecule has 0 heterocycles. The van der Waals surface area contributed by atoms with E-state index in [4.69, 9.17) is 5.73 Å². The van der Waals surface area contributed by atoms with Crippen LogP contribution in [0.25, 0.3) is 0 Å². The Bertz CT molecular complexity index is 506. The van der Waals surface area contributed by atoms with Crippen LogP contribution in [-0.2, 0) is 9.59 Å². The summed E-state index contributed by atoms with van der Waals surface area (Å²) < 4.78 is 0. The normalized spacial score (nSPS) is 13.0. The van der Waals surface area contributed by atoms with Crippen molar-refractivity contribution in [2.75, 3.05) is 10.6 Å². The van der Waals surface area contributed by atoms with Gasteiger partial charge in [0.2, 0.25) is 11.8 Å². The first-order valence-electron chi connectivity index (χ1n) is 7.32. The number of nitrogens with one attached hydrogen (secondary N) is 2. The minimum absolute atomic E-state index is 0. The molecule has 0 saturated heterocycles. The van der Waals surface area contributed by atoms with Gasteiger partial charge in [0.25, 0.3) is 0 Å². The molecule has 0 aliphatic rings. The van der Waals surface area contributed by atoms with Gasteiger partial charge in [-0.15, -0.1) is 12.4 Å². The Morgan fingerprint density at radius 2 is 1.59 bits per heavy atom. The fourth-order valence-electron chi connectivity index (χ4n) is 1.70. The van der Waals surface area contributed by atoms with E-state index >= 15 is 0 Å². The highest BCUT2D eigenvalue weighted by Gasteiger charge is 2.19. The van der Waals surface area contributed by atoms with E-state index < -0.39 is 6.04 Å². The van der Waals surface area contributed by atoms with E-state index in [-0.39, 0.29) is 36.1 Å². The lowest BCUT2D eigenvalue weighted by molar-refractivity contribution is -0.119. The zero-order valence-electron chi connectivity index (χ0n) is 13.6. The van der Waals surface area contributed by atoms with E-state index in [0.717, 1.165) is 6.42 Å². The lowest BCUT2D eigenvalue weighted by Crippen LogP contribution is -2.40. The van der Waals surface area contributed by atoms with Gasteiger partial charge in [0.1, 0.15) is 0 Å². The van der Waals surface area contributed by atoms with Gasteiger partial charge in [-0.1, -0.05) is 40.2 Å². The predicted molar refractivity (Wildman–Crippen MR) is 93.2 cm³/mol. The summed E-state index contributed by atoms with van der Waals surface area (Å²) in [4.78, 5) is 23.7. The third-order valence-electron chi connectivity index (χ3n) is 3.48. The van der Waals surface area contributed by atoms with E-state index in [9.17, 15) is 9.59 Å². The van der Waals surface area contributed by atoms with Gasteiger partial charge in [-0.2, -0.15) is 0 Å². The summed E-state index contributed by atoms with van der Waals surface area (Å²) in [5.41, 5.74) is 7.18. The van der Waals surface area contributed by atoms with Gasteiger partial charge in [0.15, 0.2) is 0 Å². The standard InChI is InChI=1S/C16H25N3O2.ClH/c1-5-11(4)14(17)16(21)19-13-8-6-7-12(9-13)18-15(20)10(2)3;/h6-11,14H,5,17H2,1-4H3,(H,18,20)(H,19,21);1H. The number of carbonyl (C=O) groups is 2. The molecular formula is C16H26ClN3O2. The number of hydrogen-bond donors (Lipinski definition) is 3. The van der Waals surface area contributed by atoms with Crippen molar-refractivity contribution in [3.63, 3.8) is 0 Å². The predicted octanol–water partition coefficient (Wildman–Crippen LogP) is 3.01. The molecule has 1 aromatic carbocycles. The molecule has 2 unspecified atom stereocenters. The number of benzene rings is 1. The van der Waals surface area contributed by atoms with Crippen molar-refractivity contribution in [3.05, 3.63) is 24.3 Å². The number of nitrogens with two attached hydrogens (primary N) is 1. The Hall–Kier alpha value is -1.59. The van der Waals surface area contributed by atoms with Crippen molar-refractivity contribution in [3.8, 4) is 0 Å². The van der Waals surface area contributed by atoms with Crippen LogP contribution < -0.4 is 16.4 Å². The smallest absolute Gasteiger partial charge is 0.241 e. The molecule has 2 atom stereocenters. The van der Waals surface area contributed by atoms with Crippen LogP contribution >= 0.6 is 12.4 Å². The molecule has 0 fully saturated rings. The molecule has 4 N–H and O–H groups in total. The monoisotopic (exact) mass is 327 g/mol. The van der Waals surface area contributed by atoms with Gasteiger partial charge in [-0.3, -0.25) is 9.59 Å². The van der Waals surface area contributed by atoms with E-state index in [1.165, 1.54) is 0 Å². The summed E-state index contributed by atoms with van der Waals surface area (Å²) in [6.07, 6.45) is 0.846. The van der Waals surface area contributed by atoms with Gasteiger partial charge in [0.05, 0.1) is 6.04 Å². The molecule has 5 nitrogen and oxygen atoms in total. The Labute approximate surface area is 138 Å². The number of hydrogen-bond acceptors (Lipinski definition) is 3. The SMILES string of the molecule is CCC(C)C(N)C(=O)Nc1cccc(NC(=O)C(C)C)c1.Cl. The quantitative estimate of drug-likeness (QED) is 0.751. The number of anilines is 2. The maximum Gasteiger partial charge on any atom is 0.241 e. The zero-order valence-corrected chi connectivity index (χ0v) is 14.4. The second-order valence-corrected chi connectivity index (χ2v) is 5.63. The van der Waals surface area contributed by atoms with Crippen LogP contribution in [-0.4, -0.2) is 17.9 Å². The van der Waals surface area contributed by atoms with Crippen molar-refractivity contribution in [2.24, 2.45) is 17.6 Å². The van der Waals surface area contributed by atoms with Gasteiger partial charge in [0, 0.05) is 17.3 Å². The molecule has 22 heavy (non-hydrogen) atoms. The lowest BCUT2D eigenvalue weighted by Gasteiger charge is -2.18. The second-order valence-electron chi connectivity index (χ2n) is 5.63. The van der Waals surface area contributed by atoms with Crippen LogP contribution in [0.15, 0.2) is 24.3 Å². The van der Waals surface area contributed by atoms with E-state index in [1.54, 1.807) is 24.3 Å². The minimum Gasteiger partial charge on any atom is -0.326 e. The first-order chi connectivity index (χ1) is 9.85. The van der Waals surface area contributed by atoms with Gasteiger partial charge >= 0.3 is 0 Å². The van der Waals surface area contributed by atoms with E-state index in [2.05, 4.69) is 10.6 Å². The lowest BCUT2D eigenvalue weighted by atomic mass is 9.99. The summed E-state index contributed by atoms with van der Waals surface area (Å²) in [6, 6.07) is 6.52. The Morgan fingerprint density at radius 1 is 1.09 bits per heavy atom. The molecule has 0 aliphatic carbocycles. The highest BCUT2D eigenvalue weighted by Crippen LogP contribution is 2.17. The van der Waals surface area contributed by atoms with Crippen LogP contribution in [0.2, 0.25) is 0 Å². The summed E-state index contributed by atoms with van der Waals surface area (Å²) >= 11 is 0. The van der Waals surface area contributed by atoms with Crippen molar-refractivity contribution < 1.29 is 9.59 Å². The van der Waals surface area contributed by atoms with E-state index in [0.29, 0.717) is 11.4 Å². The fraction of sp³-hybridized carbons (Fsp3) is 0.500. The van der Waals surface area contributed by atoms with Crippen LogP contribution in [0.5, 0.6) is 0 Å². The molecule has 124 valence electrons. The third-order valence-corrected chi connectivity index (χ3v) is 3.48. The molecule has 0 saturated carbocycles. The topological polar surface area (TPSA) is 84.2 Å². The molecule has 6 heteroatoms. The van der Waals surface area contributed by atoms with Crippen LogP contribution in [0, 0.1) is 11.8 Å². The Morgan fingerprint density at radius 3 is 2.05 bits per heavy atom. The Kier molecular flexibility index (Phi) is 8.75. The molecular weight excluding hydrogens is 302 g/mol. The number of amides is 2. The average molecular weight is 328 g/mol. The molecule has 0 spiro atoms. The summed E-state index contributed by atoms with van der Waals surface area (Å²) in [6.45, 7) is 7.60. The highest BCUT2D eigenvalue weighted by molar-refractivity contribution is 5.96. The van der Waals surface area contributed by atoms with Crippen molar-refractivity contribution in [1.82, 2.24) is 0 Å². The zero-order chi connectivity index (χ0) is 16.0. The summed E-state index contributed by atoms with van der Waals surface area (Å²) in [5, 5.41) is 5.58. The largest absolute Gasteiger partial charge is 0.326 e. The third kappa shape index (κ3) is 6.03. The maximum atomic E-state index is 12.0. The van der Waals surface area contributed by atoms with Gasteiger partial charge in [-0.25, -0.2) is 0 Å². The molecule has 1 rings (SSSR count). The molecule has 0 radical (unpaired) electrons. The molecule has 0 aromatic heterocycles. The van der Waals surface area contributed by atoms with Crippen molar-refractivity contribution in [1.29, 1.82) is 0 Å². The van der Waals surface area contributed by atoms with Crippen molar-refractivity contribution >= 4 is 35.6 Å². The molecule has 1 aromatic rings. The molecule has 0 bridgehead atoms. The first kappa shape index (κ1) is 20.4. The fourth-order valence-corrected chi connectivity index (χ4v) is 1.70. The van der Waals surface area contributed by atoms with Gasteiger partial charge in [-0.05, 0) is 24.1 Å². The number of halogens is 1. The van der Waals surface area contributed by atoms with Gasteiger partial charge < -0.3 is 16.4 Å². The van der Waals surface area contributed by atoms with Crippen LogP contribution in [0.4, 0.5) is 11.4 Å². The first-order valence-corrected chi connectivity index (χ1v) is 7.32. The number of carbonyl (C=O) groups excluding carboxylic acids is 2. The molecule has 0 aliphatic heterocycles. The Balaban J connectivity index is 0.00000441.